The predicted molar refractivity (Wildman–Crippen MR) is 85.1 cm³/mol. The number of hydrogen-bond acceptors (Lipinski definition) is 4. The zero-order valence-corrected chi connectivity index (χ0v) is 13.4. The van der Waals surface area contributed by atoms with Crippen molar-refractivity contribution in [3.8, 4) is 0 Å². The fourth-order valence-corrected chi connectivity index (χ4v) is 3.30. The van der Waals surface area contributed by atoms with Crippen LogP contribution in [0.4, 0.5) is 0 Å². The maximum absolute atomic E-state index is 12.7. The van der Waals surface area contributed by atoms with E-state index in [0.717, 1.165) is 17.7 Å². The molecule has 2 aliphatic heterocycles. The molecular formula is C17H21N3O3. The fourth-order valence-electron chi connectivity index (χ4n) is 3.30. The first-order valence-corrected chi connectivity index (χ1v) is 7.91. The van der Waals surface area contributed by atoms with Crippen LogP contribution in [0.25, 0.3) is 0 Å². The van der Waals surface area contributed by atoms with Crippen LogP contribution in [0.1, 0.15) is 50.8 Å². The van der Waals surface area contributed by atoms with E-state index in [0.29, 0.717) is 35.7 Å². The standard InChI is InChI=1S/C17H21N3O3/c1-10(18)12-4-3-7-20(9-12)15(21)11-5-6-13-14(8-11)17(23)19(2)16(13)22/h5-6,8,10,12H,3-4,7,9,18H2,1-2H3. The van der Waals surface area contributed by atoms with Gasteiger partial charge in [-0.05, 0) is 43.9 Å². The Hall–Kier alpha value is -2.21. The van der Waals surface area contributed by atoms with Crippen molar-refractivity contribution >= 4 is 17.7 Å². The van der Waals surface area contributed by atoms with Crippen LogP contribution in [0.15, 0.2) is 18.2 Å². The van der Waals surface area contributed by atoms with Gasteiger partial charge in [-0.25, -0.2) is 0 Å². The molecule has 2 unspecified atom stereocenters. The second kappa shape index (κ2) is 5.77. The van der Waals surface area contributed by atoms with Crippen LogP contribution in [-0.4, -0.2) is 53.7 Å². The van der Waals surface area contributed by atoms with Crippen LogP contribution in [0.2, 0.25) is 0 Å². The van der Waals surface area contributed by atoms with E-state index in [-0.39, 0.29) is 23.8 Å². The van der Waals surface area contributed by atoms with Gasteiger partial charge in [-0.1, -0.05) is 0 Å². The van der Waals surface area contributed by atoms with Gasteiger partial charge in [0.1, 0.15) is 0 Å². The Morgan fingerprint density at radius 1 is 1.26 bits per heavy atom. The molecule has 0 aliphatic carbocycles. The molecule has 1 fully saturated rings. The molecule has 3 amide bonds. The molecule has 0 bridgehead atoms. The molecule has 0 radical (unpaired) electrons. The molecule has 6 heteroatoms. The highest BCUT2D eigenvalue weighted by Gasteiger charge is 2.34. The minimum Gasteiger partial charge on any atom is -0.338 e. The topological polar surface area (TPSA) is 83.7 Å². The molecule has 1 saturated heterocycles. The van der Waals surface area contributed by atoms with Gasteiger partial charge in [0.15, 0.2) is 0 Å². The summed E-state index contributed by atoms with van der Waals surface area (Å²) in [4.78, 5) is 39.6. The number of hydrogen-bond donors (Lipinski definition) is 1. The van der Waals surface area contributed by atoms with Crippen LogP contribution in [0.5, 0.6) is 0 Å². The van der Waals surface area contributed by atoms with Crippen molar-refractivity contribution in [1.29, 1.82) is 0 Å². The Bertz CT molecular complexity index is 684. The lowest BCUT2D eigenvalue weighted by Gasteiger charge is -2.34. The molecule has 0 spiro atoms. The summed E-state index contributed by atoms with van der Waals surface area (Å²) in [6, 6.07) is 4.79. The highest BCUT2D eigenvalue weighted by molar-refractivity contribution is 6.21. The SMILES string of the molecule is CC(N)C1CCCN(C(=O)c2ccc3c(c2)C(=O)N(C)C3=O)C1. The van der Waals surface area contributed by atoms with Crippen molar-refractivity contribution in [2.75, 3.05) is 20.1 Å². The average molecular weight is 315 g/mol. The van der Waals surface area contributed by atoms with E-state index in [2.05, 4.69) is 0 Å². The second-order valence-corrected chi connectivity index (χ2v) is 6.44. The number of benzene rings is 1. The smallest absolute Gasteiger partial charge is 0.261 e. The summed E-state index contributed by atoms with van der Waals surface area (Å²) in [6.07, 6.45) is 1.96. The third-order valence-corrected chi connectivity index (χ3v) is 4.83. The lowest BCUT2D eigenvalue weighted by molar-refractivity contribution is 0.0659. The lowest BCUT2D eigenvalue weighted by Crippen LogP contribution is -2.45. The zero-order valence-electron chi connectivity index (χ0n) is 13.4. The van der Waals surface area contributed by atoms with Crippen LogP contribution in [0.3, 0.4) is 0 Å². The number of carbonyl (C=O) groups is 3. The second-order valence-electron chi connectivity index (χ2n) is 6.44. The molecule has 0 aromatic heterocycles. The molecule has 3 rings (SSSR count). The molecule has 1 aromatic carbocycles. The number of nitrogens with two attached hydrogens (primary N) is 1. The summed E-state index contributed by atoms with van der Waals surface area (Å²) in [5.41, 5.74) is 7.09. The molecular weight excluding hydrogens is 294 g/mol. The molecule has 2 aliphatic rings. The minimum atomic E-state index is -0.355. The van der Waals surface area contributed by atoms with E-state index in [1.807, 2.05) is 6.92 Å². The van der Waals surface area contributed by atoms with Crippen molar-refractivity contribution in [1.82, 2.24) is 9.80 Å². The Morgan fingerprint density at radius 3 is 2.65 bits per heavy atom. The lowest BCUT2D eigenvalue weighted by atomic mass is 9.91. The van der Waals surface area contributed by atoms with Gasteiger partial charge in [-0.3, -0.25) is 19.3 Å². The van der Waals surface area contributed by atoms with Crippen molar-refractivity contribution < 1.29 is 14.4 Å². The number of fused-ring (bicyclic) bond motifs is 1. The number of rotatable bonds is 2. The molecule has 6 nitrogen and oxygen atoms in total. The highest BCUT2D eigenvalue weighted by atomic mass is 16.2. The highest BCUT2D eigenvalue weighted by Crippen LogP contribution is 2.25. The Balaban J connectivity index is 1.84. The van der Waals surface area contributed by atoms with Crippen LogP contribution < -0.4 is 5.73 Å². The Labute approximate surface area is 135 Å². The fraction of sp³-hybridized carbons (Fsp3) is 0.471. The monoisotopic (exact) mass is 315 g/mol. The van der Waals surface area contributed by atoms with Gasteiger partial charge < -0.3 is 10.6 Å². The summed E-state index contributed by atoms with van der Waals surface area (Å²) < 4.78 is 0. The van der Waals surface area contributed by atoms with E-state index in [1.165, 1.54) is 13.1 Å². The van der Waals surface area contributed by atoms with E-state index < -0.39 is 0 Å². The number of carbonyl (C=O) groups excluding carboxylic acids is 3. The molecule has 2 atom stereocenters. The molecule has 23 heavy (non-hydrogen) atoms. The van der Waals surface area contributed by atoms with Crippen molar-refractivity contribution in [3.05, 3.63) is 34.9 Å². The quantitative estimate of drug-likeness (QED) is 0.829. The van der Waals surface area contributed by atoms with Crippen molar-refractivity contribution in [3.63, 3.8) is 0 Å². The van der Waals surface area contributed by atoms with Gasteiger partial charge in [0, 0.05) is 31.7 Å². The van der Waals surface area contributed by atoms with Crippen LogP contribution in [-0.2, 0) is 0 Å². The molecule has 0 saturated carbocycles. The summed E-state index contributed by atoms with van der Waals surface area (Å²) in [6.45, 7) is 3.31. The zero-order chi connectivity index (χ0) is 16.7. The first-order valence-electron chi connectivity index (χ1n) is 7.91. The average Bonchev–Trinajstić information content (AvgIpc) is 2.78. The number of piperidine rings is 1. The first kappa shape index (κ1) is 15.7. The normalized spacial score (nSPS) is 22.3. The van der Waals surface area contributed by atoms with Crippen LogP contribution >= 0.6 is 0 Å². The van der Waals surface area contributed by atoms with E-state index in [4.69, 9.17) is 5.73 Å². The minimum absolute atomic E-state index is 0.0541. The number of likely N-dealkylation sites (tertiary alicyclic amines) is 1. The third kappa shape index (κ3) is 2.63. The van der Waals surface area contributed by atoms with Gasteiger partial charge in [-0.2, -0.15) is 0 Å². The summed E-state index contributed by atoms with van der Waals surface area (Å²) >= 11 is 0. The Kier molecular flexibility index (Phi) is 3.93. The third-order valence-electron chi connectivity index (χ3n) is 4.83. The maximum Gasteiger partial charge on any atom is 0.261 e. The molecule has 1 aromatic rings. The van der Waals surface area contributed by atoms with Gasteiger partial charge >= 0.3 is 0 Å². The van der Waals surface area contributed by atoms with Gasteiger partial charge in [0.05, 0.1) is 11.1 Å². The van der Waals surface area contributed by atoms with Crippen molar-refractivity contribution in [2.24, 2.45) is 11.7 Å². The van der Waals surface area contributed by atoms with Crippen LogP contribution in [0, 0.1) is 5.92 Å². The van der Waals surface area contributed by atoms with Gasteiger partial charge in [0.2, 0.25) is 0 Å². The molecule has 122 valence electrons. The number of imide groups is 1. The molecule has 2 N–H and O–H groups in total. The first-order chi connectivity index (χ1) is 10.9. The summed E-state index contributed by atoms with van der Waals surface area (Å²) in [5.74, 6) is -0.477. The van der Waals surface area contributed by atoms with E-state index in [9.17, 15) is 14.4 Å². The summed E-state index contributed by atoms with van der Waals surface area (Å²) in [5, 5.41) is 0. The van der Waals surface area contributed by atoms with Crippen molar-refractivity contribution in [2.45, 2.75) is 25.8 Å². The Morgan fingerprint density at radius 2 is 1.96 bits per heavy atom. The van der Waals surface area contributed by atoms with E-state index >= 15 is 0 Å². The number of nitrogens with zero attached hydrogens (tertiary/aromatic N) is 2. The van der Waals surface area contributed by atoms with Gasteiger partial charge in [0.25, 0.3) is 17.7 Å². The maximum atomic E-state index is 12.7. The largest absolute Gasteiger partial charge is 0.338 e. The summed E-state index contributed by atoms with van der Waals surface area (Å²) in [7, 11) is 1.45. The molecule has 2 heterocycles. The predicted octanol–water partition coefficient (Wildman–Crippen LogP) is 1.11. The van der Waals surface area contributed by atoms with Gasteiger partial charge in [-0.15, -0.1) is 0 Å². The van der Waals surface area contributed by atoms with E-state index in [1.54, 1.807) is 17.0 Å². The number of amides is 3.